The predicted octanol–water partition coefficient (Wildman–Crippen LogP) is 4.23. The van der Waals surface area contributed by atoms with Crippen LogP contribution in [-0.4, -0.2) is 22.2 Å². The van der Waals surface area contributed by atoms with Gasteiger partial charge >= 0.3 is 0 Å². The van der Waals surface area contributed by atoms with Gasteiger partial charge in [0.25, 0.3) is 0 Å². The molecule has 25 heavy (non-hydrogen) atoms. The van der Waals surface area contributed by atoms with Gasteiger partial charge in [-0.15, -0.1) is 0 Å². The number of hydrogen-bond acceptors (Lipinski definition) is 6. The molecule has 0 saturated heterocycles. The molecule has 0 amide bonds. The highest BCUT2D eigenvalue weighted by molar-refractivity contribution is 9.10. The topological polar surface area (TPSA) is 79.3 Å². The summed E-state index contributed by atoms with van der Waals surface area (Å²) >= 11 is 3.44. The first-order valence-electron chi connectivity index (χ1n) is 7.59. The van der Waals surface area contributed by atoms with Crippen LogP contribution in [0.4, 0.5) is 23.1 Å². The number of nitrogens with one attached hydrogen (secondary N) is 2. The number of aliphatic hydroxyl groups excluding tert-OH is 1. The Labute approximate surface area is 154 Å². The molecule has 3 aromatic rings. The number of methoxy groups -OCH3 is 1. The number of aliphatic hydroxyl groups is 1. The van der Waals surface area contributed by atoms with Crippen LogP contribution in [0.5, 0.6) is 5.75 Å². The van der Waals surface area contributed by atoms with E-state index < -0.39 is 0 Å². The molecule has 0 aliphatic carbocycles. The minimum Gasteiger partial charge on any atom is -0.497 e. The molecule has 0 aliphatic rings. The van der Waals surface area contributed by atoms with Crippen LogP contribution >= 0.6 is 15.9 Å². The van der Waals surface area contributed by atoms with Crippen molar-refractivity contribution < 1.29 is 9.84 Å². The standard InChI is InChI=1S/C18H17BrN4O2/c1-25-14-8-6-13(7-9-14)21-18-20-10-15(19)17(23-18)22-16-5-3-2-4-12(16)11-24/h2-10,24H,11H2,1H3,(H2,20,21,22,23). The molecular formula is C18H17BrN4O2. The number of anilines is 4. The summed E-state index contributed by atoms with van der Waals surface area (Å²) in [5.41, 5.74) is 2.43. The molecule has 0 spiro atoms. The number of aromatic nitrogens is 2. The van der Waals surface area contributed by atoms with Crippen molar-refractivity contribution in [2.24, 2.45) is 0 Å². The van der Waals surface area contributed by atoms with Gasteiger partial charge in [0.15, 0.2) is 0 Å². The predicted molar refractivity (Wildman–Crippen MR) is 102 cm³/mol. The molecule has 0 fully saturated rings. The van der Waals surface area contributed by atoms with Gasteiger partial charge in [-0.25, -0.2) is 4.98 Å². The number of nitrogens with zero attached hydrogens (tertiary/aromatic N) is 2. The molecule has 128 valence electrons. The van der Waals surface area contributed by atoms with E-state index in [1.54, 1.807) is 13.3 Å². The smallest absolute Gasteiger partial charge is 0.229 e. The Morgan fingerprint density at radius 3 is 2.56 bits per heavy atom. The second-order valence-corrected chi connectivity index (χ2v) is 6.04. The van der Waals surface area contributed by atoms with Gasteiger partial charge in [-0.05, 0) is 46.3 Å². The summed E-state index contributed by atoms with van der Waals surface area (Å²) in [6.07, 6.45) is 1.67. The summed E-state index contributed by atoms with van der Waals surface area (Å²) in [5, 5.41) is 15.8. The number of hydrogen-bond donors (Lipinski definition) is 3. The highest BCUT2D eigenvalue weighted by Crippen LogP contribution is 2.27. The lowest BCUT2D eigenvalue weighted by atomic mass is 10.2. The normalized spacial score (nSPS) is 10.4. The first-order chi connectivity index (χ1) is 12.2. The van der Waals surface area contributed by atoms with E-state index in [9.17, 15) is 5.11 Å². The van der Waals surface area contributed by atoms with Gasteiger partial charge in [0.2, 0.25) is 5.95 Å². The Morgan fingerprint density at radius 2 is 1.84 bits per heavy atom. The van der Waals surface area contributed by atoms with Crippen molar-refractivity contribution >= 4 is 39.1 Å². The molecule has 0 atom stereocenters. The fraction of sp³-hybridized carbons (Fsp3) is 0.111. The average molecular weight is 401 g/mol. The van der Waals surface area contributed by atoms with E-state index in [-0.39, 0.29) is 6.61 Å². The van der Waals surface area contributed by atoms with E-state index in [0.29, 0.717) is 11.8 Å². The molecule has 1 heterocycles. The zero-order valence-electron chi connectivity index (χ0n) is 13.5. The van der Waals surface area contributed by atoms with Crippen molar-refractivity contribution in [3.8, 4) is 5.75 Å². The Morgan fingerprint density at radius 1 is 1.08 bits per heavy atom. The summed E-state index contributed by atoms with van der Waals surface area (Å²) in [6, 6.07) is 15.0. The number of para-hydroxylation sites is 1. The fourth-order valence-corrected chi connectivity index (χ4v) is 2.52. The summed E-state index contributed by atoms with van der Waals surface area (Å²) < 4.78 is 5.87. The van der Waals surface area contributed by atoms with Crippen LogP contribution in [0.1, 0.15) is 5.56 Å². The van der Waals surface area contributed by atoms with Crippen molar-refractivity contribution in [2.45, 2.75) is 6.61 Å². The lowest BCUT2D eigenvalue weighted by Gasteiger charge is -2.12. The van der Waals surface area contributed by atoms with Crippen LogP contribution in [-0.2, 0) is 6.61 Å². The molecule has 0 unspecified atom stereocenters. The van der Waals surface area contributed by atoms with E-state index in [1.807, 2.05) is 48.5 Å². The van der Waals surface area contributed by atoms with Gasteiger partial charge in [-0.3, -0.25) is 0 Å². The van der Waals surface area contributed by atoms with Crippen LogP contribution in [0.25, 0.3) is 0 Å². The lowest BCUT2D eigenvalue weighted by molar-refractivity contribution is 0.282. The number of benzene rings is 2. The molecular weight excluding hydrogens is 384 g/mol. The lowest BCUT2D eigenvalue weighted by Crippen LogP contribution is -2.03. The molecule has 0 radical (unpaired) electrons. The van der Waals surface area contributed by atoms with Crippen molar-refractivity contribution in [1.29, 1.82) is 0 Å². The molecule has 3 rings (SSSR count). The zero-order valence-corrected chi connectivity index (χ0v) is 15.1. The first-order valence-corrected chi connectivity index (χ1v) is 8.38. The minimum atomic E-state index is -0.0527. The first kappa shape index (κ1) is 17.2. The highest BCUT2D eigenvalue weighted by Gasteiger charge is 2.08. The second-order valence-electron chi connectivity index (χ2n) is 5.18. The number of halogens is 1. The maximum atomic E-state index is 9.45. The van der Waals surface area contributed by atoms with E-state index in [1.165, 1.54) is 0 Å². The molecule has 1 aromatic heterocycles. The van der Waals surface area contributed by atoms with Crippen molar-refractivity contribution in [1.82, 2.24) is 9.97 Å². The van der Waals surface area contributed by atoms with Crippen molar-refractivity contribution in [2.75, 3.05) is 17.7 Å². The number of ether oxygens (including phenoxy) is 1. The SMILES string of the molecule is COc1ccc(Nc2ncc(Br)c(Nc3ccccc3CO)n2)cc1. The van der Waals surface area contributed by atoms with Crippen molar-refractivity contribution in [3.05, 3.63) is 64.8 Å². The average Bonchev–Trinajstić information content (AvgIpc) is 2.65. The maximum absolute atomic E-state index is 9.45. The molecule has 0 aliphatic heterocycles. The molecule has 6 nitrogen and oxygen atoms in total. The molecule has 0 bridgehead atoms. The second kappa shape index (κ2) is 7.96. The Kier molecular flexibility index (Phi) is 5.47. The van der Waals surface area contributed by atoms with Crippen LogP contribution < -0.4 is 15.4 Å². The quantitative estimate of drug-likeness (QED) is 0.574. The van der Waals surface area contributed by atoms with Gasteiger partial charge in [0, 0.05) is 23.1 Å². The Hall–Kier alpha value is -2.64. The molecule has 0 saturated carbocycles. The molecule has 7 heteroatoms. The fourth-order valence-electron chi connectivity index (χ4n) is 2.23. The van der Waals surface area contributed by atoms with E-state index in [4.69, 9.17) is 4.74 Å². The molecule has 2 aromatic carbocycles. The Bertz CT molecular complexity index is 856. The van der Waals surface area contributed by atoms with Crippen LogP contribution in [0, 0.1) is 0 Å². The van der Waals surface area contributed by atoms with Crippen molar-refractivity contribution in [3.63, 3.8) is 0 Å². The minimum absolute atomic E-state index is 0.0527. The highest BCUT2D eigenvalue weighted by atomic mass is 79.9. The van der Waals surface area contributed by atoms with Crippen LogP contribution in [0.2, 0.25) is 0 Å². The largest absolute Gasteiger partial charge is 0.497 e. The third-order valence-electron chi connectivity index (χ3n) is 3.53. The number of rotatable bonds is 6. The van der Waals surface area contributed by atoms with Crippen LogP contribution in [0.3, 0.4) is 0 Å². The third kappa shape index (κ3) is 4.26. The Balaban J connectivity index is 1.82. The van der Waals surface area contributed by atoms with Crippen LogP contribution in [0.15, 0.2) is 59.2 Å². The van der Waals surface area contributed by atoms with Gasteiger partial charge < -0.3 is 20.5 Å². The van der Waals surface area contributed by atoms with Gasteiger partial charge in [-0.1, -0.05) is 18.2 Å². The summed E-state index contributed by atoms with van der Waals surface area (Å²) in [6.45, 7) is -0.0527. The van der Waals surface area contributed by atoms with E-state index >= 15 is 0 Å². The monoisotopic (exact) mass is 400 g/mol. The third-order valence-corrected chi connectivity index (χ3v) is 4.11. The summed E-state index contributed by atoms with van der Waals surface area (Å²) in [7, 11) is 1.63. The zero-order chi connectivity index (χ0) is 17.6. The summed E-state index contributed by atoms with van der Waals surface area (Å²) in [5.74, 6) is 1.84. The van der Waals surface area contributed by atoms with Gasteiger partial charge in [0.1, 0.15) is 11.6 Å². The summed E-state index contributed by atoms with van der Waals surface area (Å²) in [4.78, 5) is 8.76. The molecule has 3 N–H and O–H groups in total. The van der Waals surface area contributed by atoms with Gasteiger partial charge in [0.05, 0.1) is 18.2 Å². The van der Waals surface area contributed by atoms with E-state index in [0.717, 1.165) is 27.2 Å². The maximum Gasteiger partial charge on any atom is 0.229 e. The van der Waals surface area contributed by atoms with E-state index in [2.05, 4.69) is 36.5 Å². The van der Waals surface area contributed by atoms with Gasteiger partial charge in [-0.2, -0.15) is 4.98 Å².